The van der Waals surface area contributed by atoms with Gasteiger partial charge in [-0.2, -0.15) is 13.2 Å². The predicted octanol–water partition coefficient (Wildman–Crippen LogP) is 0.302. The molecule has 1 fully saturated rings. The van der Waals surface area contributed by atoms with E-state index >= 15 is 0 Å². The summed E-state index contributed by atoms with van der Waals surface area (Å²) < 4.78 is 35.6. The van der Waals surface area contributed by atoms with Gasteiger partial charge in [-0.05, 0) is 20.0 Å². The van der Waals surface area contributed by atoms with E-state index < -0.39 is 12.7 Å². The summed E-state index contributed by atoms with van der Waals surface area (Å²) in [5.74, 6) is -0.260. The predicted molar refractivity (Wildman–Crippen MR) is 57.6 cm³/mol. The molecule has 4 nitrogen and oxygen atoms in total. The second-order valence-corrected chi connectivity index (χ2v) is 4.26. The quantitative estimate of drug-likeness (QED) is 0.786. The maximum atomic E-state index is 11.9. The minimum atomic E-state index is -4.26. The van der Waals surface area contributed by atoms with Crippen LogP contribution in [0.4, 0.5) is 13.2 Å². The number of nitrogens with one attached hydrogen (secondary N) is 1. The highest BCUT2D eigenvalue weighted by molar-refractivity contribution is 5.78. The fourth-order valence-corrected chi connectivity index (χ4v) is 1.72. The zero-order chi connectivity index (χ0) is 12.9. The fourth-order valence-electron chi connectivity index (χ4n) is 1.72. The van der Waals surface area contributed by atoms with Crippen molar-refractivity contribution in [2.45, 2.75) is 12.6 Å². The van der Waals surface area contributed by atoms with Crippen LogP contribution >= 0.6 is 0 Å². The Bertz CT molecular complexity index is 258. The van der Waals surface area contributed by atoms with Crippen molar-refractivity contribution in [3.05, 3.63) is 0 Å². The van der Waals surface area contributed by atoms with Crippen LogP contribution in [0.5, 0.6) is 0 Å². The van der Waals surface area contributed by atoms with Gasteiger partial charge in [-0.25, -0.2) is 0 Å². The number of nitrogens with zero attached hydrogens (tertiary/aromatic N) is 2. The average Bonchev–Trinajstić information content (AvgIpc) is 2.41. The Morgan fingerprint density at radius 2 is 1.94 bits per heavy atom. The van der Waals surface area contributed by atoms with Gasteiger partial charge in [-0.3, -0.25) is 4.79 Å². The monoisotopic (exact) mass is 253 g/mol. The van der Waals surface area contributed by atoms with Gasteiger partial charge in [0.25, 0.3) is 0 Å². The SMILES string of the molecule is CN1CCCN(C(=O)CNCC(F)(F)F)CC1. The molecule has 0 aliphatic carbocycles. The second kappa shape index (κ2) is 6.20. The molecule has 1 aliphatic rings. The van der Waals surface area contributed by atoms with Gasteiger partial charge in [-0.1, -0.05) is 0 Å². The molecule has 0 bridgehead atoms. The molecule has 0 unspecified atom stereocenters. The molecule has 1 rings (SSSR count). The van der Waals surface area contributed by atoms with Gasteiger partial charge in [0, 0.05) is 19.6 Å². The molecule has 0 aromatic carbocycles. The molecule has 1 aliphatic heterocycles. The van der Waals surface area contributed by atoms with Crippen LogP contribution < -0.4 is 5.32 Å². The number of hydrogen-bond donors (Lipinski definition) is 1. The van der Waals surface area contributed by atoms with E-state index in [-0.39, 0.29) is 12.5 Å². The van der Waals surface area contributed by atoms with E-state index in [0.29, 0.717) is 13.1 Å². The molecule has 7 heteroatoms. The number of carbonyl (C=O) groups is 1. The van der Waals surface area contributed by atoms with E-state index in [0.717, 1.165) is 19.5 Å². The minimum Gasteiger partial charge on any atom is -0.340 e. The number of likely N-dealkylation sites (N-methyl/N-ethyl adjacent to an activating group) is 1. The number of amides is 1. The van der Waals surface area contributed by atoms with Crippen LogP contribution in [0.1, 0.15) is 6.42 Å². The highest BCUT2D eigenvalue weighted by Gasteiger charge is 2.27. The summed E-state index contributed by atoms with van der Waals surface area (Å²) in [5.41, 5.74) is 0. The summed E-state index contributed by atoms with van der Waals surface area (Å²) in [7, 11) is 1.97. The van der Waals surface area contributed by atoms with E-state index in [1.165, 1.54) is 0 Å². The van der Waals surface area contributed by atoms with Gasteiger partial charge >= 0.3 is 6.18 Å². The molecule has 0 atom stereocenters. The van der Waals surface area contributed by atoms with Crippen LogP contribution in [0.15, 0.2) is 0 Å². The Hall–Kier alpha value is -0.820. The van der Waals surface area contributed by atoms with E-state index in [4.69, 9.17) is 0 Å². The molecular formula is C10H18F3N3O. The van der Waals surface area contributed by atoms with Crippen molar-refractivity contribution in [2.75, 3.05) is 46.3 Å². The van der Waals surface area contributed by atoms with E-state index in [1.807, 2.05) is 7.05 Å². The molecule has 1 N–H and O–H groups in total. The summed E-state index contributed by atoms with van der Waals surface area (Å²) in [6.45, 7) is 1.53. The topological polar surface area (TPSA) is 35.6 Å². The van der Waals surface area contributed by atoms with E-state index in [1.54, 1.807) is 4.90 Å². The van der Waals surface area contributed by atoms with Crippen LogP contribution in [0.25, 0.3) is 0 Å². The summed E-state index contributed by atoms with van der Waals surface area (Å²) in [6, 6.07) is 0. The zero-order valence-electron chi connectivity index (χ0n) is 9.89. The Balaban J connectivity index is 2.27. The molecule has 0 saturated carbocycles. The van der Waals surface area contributed by atoms with Crippen molar-refractivity contribution in [2.24, 2.45) is 0 Å². The number of alkyl halides is 3. The molecule has 17 heavy (non-hydrogen) atoms. The maximum Gasteiger partial charge on any atom is 0.401 e. The molecular weight excluding hydrogens is 235 g/mol. The summed E-state index contributed by atoms with van der Waals surface area (Å²) in [4.78, 5) is 15.3. The highest BCUT2D eigenvalue weighted by atomic mass is 19.4. The first kappa shape index (κ1) is 14.2. The summed E-state index contributed by atoms with van der Waals surface area (Å²) in [5, 5.41) is 2.12. The summed E-state index contributed by atoms with van der Waals surface area (Å²) in [6.07, 6.45) is -3.40. The van der Waals surface area contributed by atoms with Gasteiger partial charge < -0.3 is 15.1 Å². The van der Waals surface area contributed by atoms with Crippen LogP contribution in [0.3, 0.4) is 0 Å². The minimum absolute atomic E-state index is 0.247. The van der Waals surface area contributed by atoms with Crippen molar-refractivity contribution < 1.29 is 18.0 Å². The van der Waals surface area contributed by atoms with Crippen LogP contribution in [0, 0.1) is 0 Å². The van der Waals surface area contributed by atoms with Crippen LogP contribution in [0.2, 0.25) is 0 Å². The van der Waals surface area contributed by atoms with Gasteiger partial charge in [0.1, 0.15) is 0 Å². The van der Waals surface area contributed by atoms with Gasteiger partial charge in [-0.15, -0.1) is 0 Å². The highest BCUT2D eigenvalue weighted by Crippen LogP contribution is 2.12. The second-order valence-electron chi connectivity index (χ2n) is 4.26. The smallest absolute Gasteiger partial charge is 0.340 e. The lowest BCUT2D eigenvalue weighted by atomic mass is 10.3. The lowest BCUT2D eigenvalue weighted by molar-refractivity contribution is -0.134. The zero-order valence-corrected chi connectivity index (χ0v) is 9.89. The Morgan fingerprint density at radius 3 is 2.59 bits per heavy atom. The first-order valence-electron chi connectivity index (χ1n) is 5.62. The number of carbonyl (C=O) groups excluding carboxylic acids is 1. The molecule has 1 amide bonds. The standard InChI is InChI=1S/C10H18F3N3O/c1-15-3-2-4-16(6-5-15)9(17)7-14-8-10(11,12)13/h14H,2-8H2,1H3. The van der Waals surface area contributed by atoms with Crippen molar-refractivity contribution in [1.82, 2.24) is 15.1 Å². The van der Waals surface area contributed by atoms with Gasteiger partial charge in [0.15, 0.2) is 0 Å². The maximum absolute atomic E-state index is 11.9. The fraction of sp³-hybridized carbons (Fsp3) is 0.900. The van der Waals surface area contributed by atoms with Gasteiger partial charge in [0.05, 0.1) is 13.1 Å². The van der Waals surface area contributed by atoms with Gasteiger partial charge in [0.2, 0.25) is 5.91 Å². The molecule has 1 heterocycles. The van der Waals surface area contributed by atoms with Crippen molar-refractivity contribution >= 4 is 5.91 Å². The number of hydrogen-bond acceptors (Lipinski definition) is 3. The molecule has 100 valence electrons. The third-order valence-corrected chi connectivity index (χ3v) is 2.67. The first-order chi connectivity index (χ1) is 7.88. The third-order valence-electron chi connectivity index (χ3n) is 2.67. The number of halogens is 3. The Morgan fingerprint density at radius 1 is 1.24 bits per heavy atom. The molecule has 0 aromatic rings. The summed E-state index contributed by atoms with van der Waals surface area (Å²) >= 11 is 0. The first-order valence-corrected chi connectivity index (χ1v) is 5.62. The van der Waals surface area contributed by atoms with Crippen LogP contribution in [-0.2, 0) is 4.79 Å². The third kappa shape index (κ3) is 5.88. The normalized spacial score (nSPS) is 19.2. The van der Waals surface area contributed by atoms with Crippen molar-refractivity contribution in [1.29, 1.82) is 0 Å². The molecule has 0 aromatic heterocycles. The molecule has 0 radical (unpaired) electrons. The lowest BCUT2D eigenvalue weighted by Crippen LogP contribution is -2.42. The average molecular weight is 253 g/mol. The lowest BCUT2D eigenvalue weighted by Gasteiger charge is -2.21. The number of rotatable bonds is 3. The van der Waals surface area contributed by atoms with E-state index in [9.17, 15) is 18.0 Å². The largest absolute Gasteiger partial charge is 0.401 e. The Kier molecular flexibility index (Phi) is 5.20. The van der Waals surface area contributed by atoms with Crippen molar-refractivity contribution in [3.8, 4) is 0 Å². The molecule has 0 spiro atoms. The Labute approximate surface area is 98.7 Å². The van der Waals surface area contributed by atoms with E-state index in [2.05, 4.69) is 10.2 Å². The molecule has 1 saturated heterocycles. The van der Waals surface area contributed by atoms with Crippen LogP contribution in [-0.4, -0.2) is 68.2 Å². The van der Waals surface area contributed by atoms with Crippen molar-refractivity contribution in [3.63, 3.8) is 0 Å².